The van der Waals surface area contributed by atoms with E-state index in [-0.39, 0.29) is 71.4 Å². The summed E-state index contributed by atoms with van der Waals surface area (Å²) >= 11 is 0. The lowest BCUT2D eigenvalue weighted by atomic mass is 9.43. The largest absolute Gasteiger partial charge is 0.465 e. The molecule has 0 radical (unpaired) electrons. The van der Waals surface area contributed by atoms with Gasteiger partial charge in [-0.1, -0.05) is 12.5 Å². The lowest BCUT2D eigenvalue weighted by molar-refractivity contribution is -0.186. The second-order valence-corrected chi connectivity index (χ2v) is 13.5. The molecule has 0 aromatic rings. The lowest BCUT2D eigenvalue weighted by Gasteiger charge is -2.59. The summed E-state index contributed by atoms with van der Waals surface area (Å²) in [7, 11) is 0. The fourth-order valence-corrected chi connectivity index (χ4v) is 10.2. The van der Waals surface area contributed by atoms with Crippen molar-refractivity contribution in [2.45, 2.75) is 110 Å². The van der Waals surface area contributed by atoms with Crippen molar-refractivity contribution >= 4 is 17.7 Å². The fourth-order valence-electron chi connectivity index (χ4n) is 10.2. The first-order valence-corrected chi connectivity index (χ1v) is 14.5. The molecule has 5 fully saturated rings. The molecule has 2 heterocycles. The normalized spacial score (nSPS) is 50.3. The number of aliphatic hydroxyl groups excluding tert-OH is 2. The van der Waals surface area contributed by atoms with Crippen LogP contribution >= 0.6 is 0 Å². The van der Waals surface area contributed by atoms with E-state index in [9.17, 15) is 24.6 Å². The molecule has 2 aliphatic heterocycles. The minimum absolute atomic E-state index is 0.00495. The van der Waals surface area contributed by atoms with E-state index < -0.39 is 23.2 Å². The molecule has 2 N–H and O–H groups in total. The highest BCUT2D eigenvalue weighted by molar-refractivity contribution is 5.90. The van der Waals surface area contributed by atoms with E-state index in [2.05, 4.69) is 6.92 Å². The summed E-state index contributed by atoms with van der Waals surface area (Å²) in [5.74, 6) is 0.255. The maximum Gasteiger partial charge on any atom is 0.333 e. The van der Waals surface area contributed by atoms with Crippen molar-refractivity contribution in [3.63, 3.8) is 0 Å². The molecule has 1 spiro atoms. The molecule has 38 heavy (non-hydrogen) atoms. The number of esters is 2. The number of hydrogen-bond acceptors (Lipinski definition) is 8. The summed E-state index contributed by atoms with van der Waals surface area (Å²) in [5, 5.41) is 21.5. The topological polar surface area (TPSA) is 123 Å². The van der Waals surface area contributed by atoms with Crippen LogP contribution in [0.1, 0.15) is 79.6 Å². The smallest absolute Gasteiger partial charge is 0.333 e. The van der Waals surface area contributed by atoms with Gasteiger partial charge in [0.15, 0.2) is 0 Å². The Balaban J connectivity index is 1.33. The van der Waals surface area contributed by atoms with Crippen LogP contribution in [0.3, 0.4) is 0 Å². The highest BCUT2D eigenvalue weighted by atomic mass is 16.6. The molecule has 0 amide bonds. The maximum atomic E-state index is 13.6. The third kappa shape index (κ3) is 3.29. The highest BCUT2D eigenvalue weighted by Gasteiger charge is 2.82. The van der Waals surface area contributed by atoms with Crippen LogP contribution in [0.5, 0.6) is 0 Å². The van der Waals surface area contributed by atoms with Gasteiger partial charge in [-0.15, -0.1) is 0 Å². The van der Waals surface area contributed by atoms with Crippen LogP contribution in [0, 0.1) is 40.4 Å². The van der Waals surface area contributed by atoms with E-state index in [4.69, 9.17) is 14.2 Å². The fraction of sp³-hybridized carbons (Fsp3) is 0.833. The van der Waals surface area contributed by atoms with Gasteiger partial charge in [-0.05, 0) is 82.5 Å². The number of Topliss-reactive ketones (excluding diaryl/α,β-unsaturated/α-hetero) is 1. The number of fused-ring (bicyclic) bond motifs is 4. The molecule has 0 aromatic heterocycles. The second-order valence-electron chi connectivity index (χ2n) is 13.5. The van der Waals surface area contributed by atoms with Crippen molar-refractivity contribution < 1.29 is 38.8 Å². The van der Waals surface area contributed by atoms with Crippen molar-refractivity contribution in [1.29, 1.82) is 0 Å². The molecule has 0 aromatic carbocycles. The SMILES string of the molecule is CC(=O)OC[C@]12CC[C@H]3[C@@H](C[C@H]4O[C@]45[C@@H](O)[C@@H](O)CC(=O)[C@]35C)[C@@H]1CC[C@@H]2[C@H](C)[C@H]1CC(C)=C(C)C(=O)O1. The highest BCUT2D eigenvalue weighted by Crippen LogP contribution is 2.73. The second kappa shape index (κ2) is 8.61. The standard InChI is InChI=1S/C30H42O8/c1-14-10-23(37-27(35)15(14)2)16(3)19-6-7-21-18-11-25-30(38-25)26(34)22(32)12-24(33)28(30,5)20(18)8-9-29(19,21)13-36-17(4)31/h16,18-23,25-26,32,34H,6-13H2,1-5H3/t16-,18+,19+,20-,21-,22-,23+,25+,26-,28-,29-,30-/m0/s1. The molecule has 4 aliphatic carbocycles. The third-order valence-corrected chi connectivity index (χ3v) is 12.3. The van der Waals surface area contributed by atoms with Crippen LogP contribution in [-0.4, -0.2) is 64.6 Å². The minimum atomic E-state index is -1.08. The zero-order chi connectivity index (χ0) is 27.4. The van der Waals surface area contributed by atoms with Crippen molar-refractivity contribution in [2.24, 2.45) is 40.4 Å². The Morgan fingerprint density at radius 1 is 1.13 bits per heavy atom. The lowest BCUT2D eigenvalue weighted by Crippen LogP contribution is -2.68. The number of rotatable bonds is 4. The molecule has 210 valence electrons. The Morgan fingerprint density at radius 3 is 2.55 bits per heavy atom. The van der Waals surface area contributed by atoms with E-state index in [1.165, 1.54) is 6.92 Å². The molecule has 12 atom stereocenters. The van der Waals surface area contributed by atoms with Crippen LogP contribution in [0.25, 0.3) is 0 Å². The van der Waals surface area contributed by atoms with E-state index >= 15 is 0 Å². The molecule has 8 heteroatoms. The van der Waals surface area contributed by atoms with Gasteiger partial charge in [0.2, 0.25) is 0 Å². The minimum Gasteiger partial charge on any atom is -0.465 e. The Bertz CT molecular complexity index is 1100. The molecule has 0 unspecified atom stereocenters. The van der Waals surface area contributed by atoms with E-state index in [0.29, 0.717) is 12.2 Å². The first-order valence-electron chi connectivity index (χ1n) is 14.5. The predicted octanol–water partition coefficient (Wildman–Crippen LogP) is 3.12. The number of hydrogen-bond donors (Lipinski definition) is 2. The molecule has 1 saturated heterocycles. The molecular weight excluding hydrogens is 488 g/mol. The van der Waals surface area contributed by atoms with E-state index in [1.54, 1.807) is 0 Å². The van der Waals surface area contributed by atoms with Gasteiger partial charge in [-0.25, -0.2) is 4.79 Å². The molecule has 0 bridgehead atoms. The maximum absolute atomic E-state index is 13.6. The van der Waals surface area contributed by atoms with Gasteiger partial charge < -0.3 is 24.4 Å². The number of ether oxygens (including phenoxy) is 3. The Morgan fingerprint density at radius 2 is 1.87 bits per heavy atom. The summed E-state index contributed by atoms with van der Waals surface area (Å²) in [6.45, 7) is 9.76. The van der Waals surface area contributed by atoms with Gasteiger partial charge in [0, 0.05) is 30.8 Å². The van der Waals surface area contributed by atoms with Crippen LogP contribution in [0.15, 0.2) is 11.1 Å². The zero-order valence-corrected chi connectivity index (χ0v) is 23.2. The van der Waals surface area contributed by atoms with Gasteiger partial charge in [0.1, 0.15) is 23.6 Å². The molecule has 6 rings (SSSR count). The number of carbonyl (C=O) groups is 3. The van der Waals surface area contributed by atoms with Gasteiger partial charge in [-0.2, -0.15) is 0 Å². The van der Waals surface area contributed by atoms with Gasteiger partial charge >= 0.3 is 11.9 Å². The molecular formula is C30H42O8. The summed E-state index contributed by atoms with van der Waals surface area (Å²) in [6.07, 6.45) is 2.32. The van der Waals surface area contributed by atoms with Crippen molar-refractivity contribution in [3.05, 3.63) is 11.1 Å². The monoisotopic (exact) mass is 530 g/mol. The molecule has 8 nitrogen and oxygen atoms in total. The first-order chi connectivity index (χ1) is 17.9. The number of cyclic esters (lactones) is 1. The summed E-state index contributed by atoms with van der Waals surface area (Å²) in [5.41, 5.74) is -0.314. The van der Waals surface area contributed by atoms with Crippen LogP contribution < -0.4 is 0 Å². The van der Waals surface area contributed by atoms with Crippen LogP contribution in [0.4, 0.5) is 0 Å². The van der Waals surface area contributed by atoms with Crippen molar-refractivity contribution in [1.82, 2.24) is 0 Å². The predicted molar refractivity (Wildman–Crippen MR) is 135 cm³/mol. The Labute approximate surface area is 224 Å². The summed E-state index contributed by atoms with van der Waals surface area (Å²) < 4.78 is 17.9. The zero-order valence-electron chi connectivity index (χ0n) is 23.2. The number of ketones is 1. The summed E-state index contributed by atoms with van der Waals surface area (Å²) in [6, 6.07) is 0. The number of carbonyl (C=O) groups excluding carboxylic acids is 3. The van der Waals surface area contributed by atoms with E-state index in [0.717, 1.165) is 44.1 Å². The van der Waals surface area contributed by atoms with Crippen LogP contribution in [0.2, 0.25) is 0 Å². The van der Waals surface area contributed by atoms with Gasteiger partial charge in [0.05, 0.1) is 24.2 Å². The Kier molecular flexibility index (Phi) is 6.00. The first kappa shape index (κ1) is 26.5. The third-order valence-electron chi connectivity index (χ3n) is 12.3. The quantitative estimate of drug-likeness (QED) is 0.420. The number of epoxide rings is 1. The average Bonchev–Trinajstić information content (AvgIpc) is 3.48. The van der Waals surface area contributed by atoms with Crippen LogP contribution in [-0.2, 0) is 28.6 Å². The van der Waals surface area contributed by atoms with Gasteiger partial charge in [0.25, 0.3) is 0 Å². The number of aliphatic hydroxyl groups is 2. The van der Waals surface area contributed by atoms with E-state index in [1.807, 2.05) is 20.8 Å². The molecule has 6 aliphatic rings. The van der Waals surface area contributed by atoms with Crippen molar-refractivity contribution in [2.75, 3.05) is 6.61 Å². The summed E-state index contributed by atoms with van der Waals surface area (Å²) in [4.78, 5) is 38.2. The Hall–Kier alpha value is -1.77. The average molecular weight is 531 g/mol. The van der Waals surface area contributed by atoms with Crippen molar-refractivity contribution in [3.8, 4) is 0 Å². The molecule has 4 saturated carbocycles. The van der Waals surface area contributed by atoms with Gasteiger partial charge in [-0.3, -0.25) is 9.59 Å².